The normalized spacial score (nSPS) is 14.8. The van der Waals surface area contributed by atoms with E-state index < -0.39 is 11.9 Å². The number of carbonyl (C=O) groups excluding carboxylic acids is 2. The van der Waals surface area contributed by atoms with Gasteiger partial charge in [-0.1, -0.05) is 31.1 Å². The summed E-state index contributed by atoms with van der Waals surface area (Å²) in [5, 5.41) is 12.4. The van der Waals surface area contributed by atoms with Gasteiger partial charge in [0.2, 0.25) is 17.6 Å². The highest BCUT2D eigenvalue weighted by atomic mass is 19.1. The van der Waals surface area contributed by atoms with Crippen LogP contribution in [0.2, 0.25) is 0 Å². The van der Waals surface area contributed by atoms with Crippen molar-refractivity contribution < 1.29 is 18.5 Å². The van der Waals surface area contributed by atoms with Crippen molar-refractivity contribution in [1.29, 1.82) is 0 Å². The van der Waals surface area contributed by atoms with E-state index in [1.807, 2.05) is 13.8 Å². The molecule has 1 aliphatic heterocycles. The maximum atomic E-state index is 13.2. The minimum Gasteiger partial charge on any atom is -0.339 e. The van der Waals surface area contributed by atoms with Crippen LogP contribution < -0.4 is 5.32 Å². The van der Waals surface area contributed by atoms with Gasteiger partial charge < -0.3 is 9.84 Å². The molecule has 3 heterocycles. The molecule has 1 aromatic carbocycles. The molecule has 10 heteroatoms. The van der Waals surface area contributed by atoms with E-state index in [0.717, 1.165) is 5.56 Å². The van der Waals surface area contributed by atoms with Crippen molar-refractivity contribution in [3.63, 3.8) is 0 Å². The fourth-order valence-corrected chi connectivity index (χ4v) is 3.37. The highest BCUT2D eigenvalue weighted by molar-refractivity contribution is 6.39. The lowest BCUT2D eigenvalue weighted by molar-refractivity contribution is -0.132. The molecule has 1 aliphatic rings. The van der Waals surface area contributed by atoms with Crippen LogP contribution in [0, 0.1) is 11.7 Å². The first-order valence-corrected chi connectivity index (χ1v) is 10.6. The van der Waals surface area contributed by atoms with Gasteiger partial charge in [-0.3, -0.25) is 14.6 Å². The molecule has 33 heavy (non-hydrogen) atoms. The van der Waals surface area contributed by atoms with E-state index in [1.165, 1.54) is 17.1 Å². The first-order valence-electron chi connectivity index (χ1n) is 10.6. The average molecular weight is 450 g/mol. The lowest BCUT2D eigenvalue weighted by atomic mass is 10.0. The van der Waals surface area contributed by atoms with Crippen molar-refractivity contribution in [2.45, 2.75) is 39.3 Å². The van der Waals surface area contributed by atoms with Crippen LogP contribution in [0.4, 0.5) is 4.39 Å². The Labute approximate surface area is 189 Å². The summed E-state index contributed by atoms with van der Waals surface area (Å²) < 4.78 is 18.6. The fourth-order valence-electron chi connectivity index (χ4n) is 3.37. The molecule has 0 aliphatic carbocycles. The van der Waals surface area contributed by atoms with Crippen LogP contribution in [-0.4, -0.2) is 37.7 Å². The Morgan fingerprint density at radius 2 is 1.88 bits per heavy atom. The van der Waals surface area contributed by atoms with Gasteiger partial charge >= 0.3 is 0 Å². The summed E-state index contributed by atoms with van der Waals surface area (Å²) in [6.07, 6.45) is 3.65. The van der Waals surface area contributed by atoms with Crippen LogP contribution in [-0.2, 0) is 16.1 Å². The lowest BCUT2D eigenvalue weighted by Gasteiger charge is -2.25. The summed E-state index contributed by atoms with van der Waals surface area (Å²) in [4.78, 5) is 33.7. The molecule has 0 fully saturated rings. The third-order valence-corrected chi connectivity index (χ3v) is 5.21. The summed E-state index contributed by atoms with van der Waals surface area (Å²) in [5.41, 5.74) is 1.70. The average Bonchev–Trinajstić information content (AvgIpc) is 3.30. The second-order valence-corrected chi connectivity index (χ2v) is 8.01. The van der Waals surface area contributed by atoms with Crippen LogP contribution in [0.1, 0.15) is 44.2 Å². The van der Waals surface area contributed by atoms with E-state index in [0.29, 0.717) is 11.4 Å². The van der Waals surface area contributed by atoms with Crippen LogP contribution in [0.15, 0.2) is 58.4 Å². The number of rotatable bonds is 7. The fraction of sp³-hybridized carbons (Fsp3) is 0.304. The minimum atomic E-state index is -0.536. The third-order valence-electron chi connectivity index (χ3n) is 5.21. The molecular formula is C23H23FN6O3. The topological polar surface area (TPSA) is 114 Å². The second kappa shape index (κ2) is 9.68. The Bertz CT molecular complexity index is 1160. The molecule has 1 unspecified atom stereocenters. The summed E-state index contributed by atoms with van der Waals surface area (Å²) >= 11 is 0. The standard InChI is InChI=1S/C23H23FN6O3/c1-14(2)20(23-27-21(29-33-23)16-9-11-25-12-10-16)26-22(32)18-7-8-19(31)30(28-18)13-15-3-5-17(24)6-4-15/h3-6,9-12,14,20H,7-8,13H2,1-2H3,(H,26,32). The van der Waals surface area contributed by atoms with Gasteiger partial charge in [-0.2, -0.15) is 10.1 Å². The smallest absolute Gasteiger partial charge is 0.268 e. The monoisotopic (exact) mass is 450 g/mol. The molecule has 0 spiro atoms. The summed E-state index contributed by atoms with van der Waals surface area (Å²) in [7, 11) is 0. The molecule has 2 amide bonds. The summed E-state index contributed by atoms with van der Waals surface area (Å²) in [5.74, 6) is -0.329. The summed E-state index contributed by atoms with van der Waals surface area (Å²) in [6, 6.07) is 8.79. The molecule has 0 saturated carbocycles. The Balaban J connectivity index is 1.49. The minimum absolute atomic E-state index is 0.0409. The Kier molecular flexibility index (Phi) is 6.53. The van der Waals surface area contributed by atoms with E-state index in [9.17, 15) is 14.0 Å². The van der Waals surface area contributed by atoms with Gasteiger partial charge in [0.1, 0.15) is 17.6 Å². The van der Waals surface area contributed by atoms with Crippen LogP contribution in [0.25, 0.3) is 11.4 Å². The largest absolute Gasteiger partial charge is 0.339 e. The molecule has 170 valence electrons. The van der Waals surface area contributed by atoms with Crippen LogP contribution in [0.5, 0.6) is 0 Å². The zero-order valence-electron chi connectivity index (χ0n) is 18.2. The second-order valence-electron chi connectivity index (χ2n) is 8.01. The van der Waals surface area contributed by atoms with Gasteiger partial charge in [-0.05, 0) is 35.7 Å². The number of aromatic nitrogens is 3. The highest BCUT2D eigenvalue weighted by Gasteiger charge is 2.29. The predicted molar refractivity (Wildman–Crippen MR) is 117 cm³/mol. The SMILES string of the molecule is CC(C)C(NC(=O)C1=NN(Cc2ccc(F)cc2)C(=O)CC1)c1nc(-c2ccncc2)no1. The Hall–Kier alpha value is -3.95. The third kappa shape index (κ3) is 5.28. The molecule has 0 bridgehead atoms. The van der Waals surface area contributed by atoms with Gasteiger partial charge in [0.05, 0.1) is 6.54 Å². The van der Waals surface area contributed by atoms with E-state index in [4.69, 9.17) is 4.52 Å². The molecule has 0 radical (unpaired) electrons. The van der Waals surface area contributed by atoms with Gasteiger partial charge in [0, 0.05) is 30.8 Å². The number of hydrogen-bond acceptors (Lipinski definition) is 7. The number of benzene rings is 1. The molecule has 4 rings (SSSR count). The Morgan fingerprint density at radius 3 is 2.58 bits per heavy atom. The maximum absolute atomic E-state index is 13.2. The molecule has 1 N–H and O–H groups in total. The highest BCUT2D eigenvalue weighted by Crippen LogP contribution is 2.24. The van der Waals surface area contributed by atoms with Crippen molar-refractivity contribution in [1.82, 2.24) is 25.5 Å². The van der Waals surface area contributed by atoms with Crippen molar-refractivity contribution in [2.75, 3.05) is 0 Å². The van der Waals surface area contributed by atoms with Crippen molar-refractivity contribution >= 4 is 17.5 Å². The van der Waals surface area contributed by atoms with Gasteiger partial charge in [-0.25, -0.2) is 9.40 Å². The predicted octanol–water partition coefficient (Wildman–Crippen LogP) is 3.26. The first kappa shape index (κ1) is 22.3. The maximum Gasteiger partial charge on any atom is 0.268 e. The molecule has 9 nitrogen and oxygen atoms in total. The van der Waals surface area contributed by atoms with Gasteiger partial charge in [0.25, 0.3) is 5.91 Å². The van der Waals surface area contributed by atoms with E-state index in [2.05, 4.69) is 25.5 Å². The Morgan fingerprint density at radius 1 is 1.15 bits per heavy atom. The van der Waals surface area contributed by atoms with Crippen molar-refractivity contribution in [3.8, 4) is 11.4 Å². The van der Waals surface area contributed by atoms with Crippen LogP contribution >= 0.6 is 0 Å². The zero-order chi connectivity index (χ0) is 23.4. The number of hydrogen-bond donors (Lipinski definition) is 1. The molecule has 1 atom stereocenters. The number of amides is 2. The number of nitrogens with zero attached hydrogens (tertiary/aromatic N) is 5. The van der Waals surface area contributed by atoms with E-state index >= 15 is 0 Å². The zero-order valence-corrected chi connectivity index (χ0v) is 18.2. The van der Waals surface area contributed by atoms with Crippen LogP contribution in [0.3, 0.4) is 0 Å². The first-order chi connectivity index (χ1) is 15.9. The van der Waals surface area contributed by atoms with Crippen molar-refractivity contribution in [2.24, 2.45) is 11.0 Å². The molecule has 0 saturated heterocycles. The molecule has 2 aromatic heterocycles. The molecular weight excluding hydrogens is 427 g/mol. The number of nitrogens with one attached hydrogen (secondary N) is 1. The summed E-state index contributed by atoms with van der Waals surface area (Å²) in [6.45, 7) is 4.01. The van der Waals surface area contributed by atoms with E-state index in [1.54, 1.807) is 36.7 Å². The van der Waals surface area contributed by atoms with Gasteiger partial charge in [0.15, 0.2) is 0 Å². The lowest BCUT2D eigenvalue weighted by Crippen LogP contribution is -2.41. The quantitative estimate of drug-likeness (QED) is 0.591. The van der Waals surface area contributed by atoms with E-state index in [-0.39, 0.29) is 48.6 Å². The van der Waals surface area contributed by atoms with Gasteiger partial charge in [-0.15, -0.1) is 0 Å². The number of halogens is 1. The molecule has 3 aromatic rings. The number of carbonyl (C=O) groups is 2. The number of hydrazone groups is 1. The number of pyridine rings is 1. The van der Waals surface area contributed by atoms with Crippen molar-refractivity contribution in [3.05, 3.63) is 66.1 Å².